The highest BCUT2D eigenvalue weighted by Gasteiger charge is 2.29. The van der Waals surface area contributed by atoms with Gasteiger partial charge >= 0.3 is 5.97 Å². The van der Waals surface area contributed by atoms with Crippen LogP contribution in [-0.4, -0.2) is 49.6 Å². The van der Waals surface area contributed by atoms with Crippen LogP contribution in [0.1, 0.15) is 19.8 Å². The smallest absolute Gasteiger partial charge is 0.307 e. The van der Waals surface area contributed by atoms with Crippen LogP contribution >= 0.6 is 12.4 Å². The number of hydrogen-bond donors (Lipinski definition) is 1. The molecule has 5 nitrogen and oxygen atoms in total. The van der Waals surface area contributed by atoms with Gasteiger partial charge in [-0.2, -0.15) is 0 Å². The van der Waals surface area contributed by atoms with Gasteiger partial charge in [0.05, 0.1) is 19.6 Å². The number of nitrogens with one attached hydrogen (secondary N) is 1. The van der Waals surface area contributed by atoms with E-state index >= 15 is 0 Å². The van der Waals surface area contributed by atoms with Crippen molar-refractivity contribution in [1.82, 2.24) is 10.2 Å². The summed E-state index contributed by atoms with van der Waals surface area (Å²) in [6.45, 7) is 4.26. The normalized spacial score (nSPS) is 20.2. The fourth-order valence-corrected chi connectivity index (χ4v) is 1.69. The largest absolute Gasteiger partial charge is 0.469 e. The lowest BCUT2D eigenvalue weighted by Gasteiger charge is -2.32. The van der Waals surface area contributed by atoms with Crippen LogP contribution in [0, 0.1) is 0 Å². The van der Waals surface area contributed by atoms with Gasteiger partial charge in [0, 0.05) is 19.6 Å². The van der Waals surface area contributed by atoms with Crippen molar-refractivity contribution in [2.24, 2.45) is 0 Å². The molecule has 94 valence electrons. The Kier molecular flexibility index (Phi) is 7.08. The number of hydrogen-bond acceptors (Lipinski definition) is 4. The molecule has 1 rings (SSSR count). The van der Waals surface area contributed by atoms with E-state index in [4.69, 9.17) is 0 Å². The highest BCUT2D eigenvalue weighted by atomic mass is 35.5. The zero-order valence-corrected chi connectivity index (χ0v) is 10.5. The number of esters is 1. The molecule has 0 aromatic rings. The van der Waals surface area contributed by atoms with Gasteiger partial charge in [-0.1, -0.05) is 6.92 Å². The first-order valence-electron chi connectivity index (χ1n) is 5.28. The van der Waals surface area contributed by atoms with Gasteiger partial charge in [-0.3, -0.25) is 9.59 Å². The zero-order chi connectivity index (χ0) is 11.3. The first kappa shape index (κ1) is 15.2. The van der Waals surface area contributed by atoms with E-state index < -0.39 is 6.04 Å². The van der Waals surface area contributed by atoms with Crippen molar-refractivity contribution < 1.29 is 14.3 Å². The quantitative estimate of drug-likeness (QED) is 0.724. The number of nitrogens with zero attached hydrogens (tertiary/aromatic N) is 1. The van der Waals surface area contributed by atoms with E-state index in [0.29, 0.717) is 0 Å². The molecule has 1 N–H and O–H groups in total. The maximum atomic E-state index is 11.8. The highest BCUT2D eigenvalue weighted by Crippen LogP contribution is 2.06. The average molecular weight is 251 g/mol. The molecule has 16 heavy (non-hydrogen) atoms. The second-order valence-electron chi connectivity index (χ2n) is 3.61. The fourth-order valence-electron chi connectivity index (χ4n) is 1.69. The third-order valence-electron chi connectivity index (χ3n) is 2.47. The van der Waals surface area contributed by atoms with E-state index in [1.165, 1.54) is 7.11 Å². The molecule has 1 aliphatic rings. The van der Waals surface area contributed by atoms with Gasteiger partial charge in [0.2, 0.25) is 5.91 Å². The number of halogens is 1. The number of methoxy groups -OCH3 is 1. The Morgan fingerprint density at radius 2 is 2.31 bits per heavy atom. The summed E-state index contributed by atoms with van der Waals surface area (Å²) in [6.07, 6.45) is 1.06. The molecule has 0 bridgehead atoms. The Labute approximate surface area is 102 Å². The number of carbonyl (C=O) groups is 2. The lowest BCUT2D eigenvalue weighted by atomic mass is 10.1. The SMILES string of the molecule is CCCN1CCNC(CC(=O)OC)C1=O.Cl. The summed E-state index contributed by atoms with van der Waals surface area (Å²) in [5.41, 5.74) is 0. The van der Waals surface area contributed by atoms with E-state index in [0.717, 1.165) is 26.1 Å². The number of ether oxygens (including phenoxy) is 1. The summed E-state index contributed by atoms with van der Waals surface area (Å²) >= 11 is 0. The average Bonchev–Trinajstić information content (AvgIpc) is 2.24. The van der Waals surface area contributed by atoms with Gasteiger partial charge in [-0.25, -0.2) is 0 Å². The van der Waals surface area contributed by atoms with Crippen molar-refractivity contribution in [3.8, 4) is 0 Å². The van der Waals surface area contributed by atoms with Crippen LogP contribution in [-0.2, 0) is 14.3 Å². The van der Waals surface area contributed by atoms with Crippen LogP contribution in [0.25, 0.3) is 0 Å². The summed E-state index contributed by atoms with van der Waals surface area (Å²) in [7, 11) is 1.33. The summed E-state index contributed by atoms with van der Waals surface area (Å²) in [5, 5.41) is 3.03. The van der Waals surface area contributed by atoms with Crippen LogP contribution in [0.15, 0.2) is 0 Å². The molecule has 1 amide bonds. The topological polar surface area (TPSA) is 58.6 Å². The lowest BCUT2D eigenvalue weighted by molar-refractivity contribution is -0.146. The summed E-state index contributed by atoms with van der Waals surface area (Å²) < 4.78 is 4.55. The molecule has 1 heterocycles. The van der Waals surface area contributed by atoms with Gasteiger partial charge in [0.1, 0.15) is 0 Å². The van der Waals surface area contributed by atoms with Gasteiger partial charge in [-0.05, 0) is 6.42 Å². The minimum atomic E-state index is -0.405. The van der Waals surface area contributed by atoms with E-state index in [1.807, 2.05) is 6.92 Å². The Bertz CT molecular complexity index is 246. The molecule has 1 unspecified atom stereocenters. The maximum Gasteiger partial charge on any atom is 0.307 e. The molecule has 0 aromatic heterocycles. The molecule has 0 spiro atoms. The molecule has 1 aliphatic heterocycles. The molecule has 1 fully saturated rings. The van der Waals surface area contributed by atoms with Gasteiger partial charge in [-0.15, -0.1) is 12.4 Å². The molecule has 1 saturated heterocycles. The Morgan fingerprint density at radius 1 is 1.62 bits per heavy atom. The van der Waals surface area contributed by atoms with Crippen molar-refractivity contribution in [3.05, 3.63) is 0 Å². The van der Waals surface area contributed by atoms with Crippen molar-refractivity contribution in [2.45, 2.75) is 25.8 Å². The molecular weight excluding hydrogens is 232 g/mol. The molecule has 1 atom stereocenters. The predicted molar refractivity (Wildman–Crippen MR) is 62.5 cm³/mol. The van der Waals surface area contributed by atoms with Gasteiger partial charge in [0.15, 0.2) is 0 Å². The van der Waals surface area contributed by atoms with Crippen molar-refractivity contribution >= 4 is 24.3 Å². The minimum absolute atomic E-state index is 0. The zero-order valence-electron chi connectivity index (χ0n) is 9.69. The summed E-state index contributed by atoms with van der Waals surface area (Å²) in [4.78, 5) is 24.7. The molecule has 0 saturated carbocycles. The van der Waals surface area contributed by atoms with Crippen LogP contribution in [0.5, 0.6) is 0 Å². The lowest BCUT2D eigenvalue weighted by Crippen LogP contribution is -2.55. The van der Waals surface area contributed by atoms with Crippen molar-refractivity contribution in [3.63, 3.8) is 0 Å². The third kappa shape index (κ3) is 3.98. The highest BCUT2D eigenvalue weighted by molar-refractivity contribution is 5.87. The fraction of sp³-hybridized carbons (Fsp3) is 0.800. The first-order valence-corrected chi connectivity index (χ1v) is 5.28. The molecule has 0 radical (unpaired) electrons. The second kappa shape index (κ2) is 7.46. The molecular formula is C10H19ClN2O3. The van der Waals surface area contributed by atoms with Crippen LogP contribution < -0.4 is 5.32 Å². The van der Waals surface area contributed by atoms with Crippen molar-refractivity contribution in [2.75, 3.05) is 26.7 Å². The number of carbonyl (C=O) groups excluding carboxylic acids is 2. The second-order valence-corrected chi connectivity index (χ2v) is 3.61. The molecule has 0 aromatic carbocycles. The number of piperazine rings is 1. The standard InChI is InChI=1S/C10H18N2O3.ClH/c1-3-5-12-6-4-11-8(10(12)14)7-9(13)15-2;/h8,11H,3-7H2,1-2H3;1H. The van der Waals surface area contributed by atoms with Crippen LogP contribution in [0.3, 0.4) is 0 Å². The maximum absolute atomic E-state index is 11.8. The van der Waals surface area contributed by atoms with E-state index in [-0.39, 0.29) is 30.7 Å². The molecule has 0 aliphatic carbocycles. The minimum Gasteiger partial charge on any atom is -0.469 e. The molecule has 6 heteroatoms. The van der Waals surface area contributed by atoms with E-state index in [9.17, 15) is 9.59 Å². The predicted octanol–water partition coefficient (Wildman–Crippen LogP) is 0.182. The van der Waals surface area contributed by atoms with E-state index in [1.54, 1.807) is 4.90 Å². The Balaban J connectivity index is 0.00000225. The van der Waals surface area contributed by atoms with Gasteiger partial charge < -0.3 is 15.0 Å². The number of rotatable bonds is 4. The first-order chi connectivity index (χ1) is 7.19. The van der Waals surface area contributed by atoms with Crippen LogP contribution in [0.4, 0.5) is 0 Å². The van der Waals surface area contributed by atoms with Crippen LogP contribution in [0.2, 0.25) is 0 Å². The van der Waals surface area contributed by atoms with Gasteiger partial charge in [0.25, 0.3) is 0 Å². The number of amides is 1. The Hall–Kier alpha value is -0.810. The summed E-state index contributed by atoms with van der Waals surface area (Å²) in [5.74, 6) is -0.340. The van der Waals surface area contributed by atoms with E-state index in [2.05, 4.69) is 10.1 Å². The monoisotopic (exact) mass is 250 g/mol. The summed E-state index contributed by atoms with van der Waals surface area (Å²) in [6, 6.07) is -0.405. The Morgan fingerprint density at radius 3 is 2.88 bits per heavy atom. The van der Waals surface area contributed by atoms with Crippen molar-refractivity contribution in [1.29, 1.82) is 0 Å². The third-order valence-corrected chi connectivity index (χ3v) is 2.47.